The third-order valence-corrected chi connectivity index (χ3v) is 6.31. The average molecular weight is 482 g/mol. The van der Waals surface area contributed by atoms with Gasteiger partial charge in [-0.05, 0) is 48.6 Å². The van der Waals surface area contributed by atoms with Gasteiger partial charge in [-0.2, -0.15) is 0 Å². The van der Waals surface area contributed by atoms with Gasteiger partial charge < -0.3 is 18.6 Å². The van der Waals surface area contributed by atoms with Crippen LogP contribution in [-0.4, -0.2) is 45.4 Å². The summed E-state index contributed by atoms with van der Waals surface area (Å²) in [5.41, 5.74) is 1.65. The van der Waals surface area contributed by atoms with Crippen LogP contribution in [0.4, 0.5) is 10.1 Å². The predicted molar refractivity (Wildman–Crippen MR) is 129 cm³/mol. The summed E-state index contributed by atoms with van der Waals surface area (Å²) in [5.74, 6) is 0.594. The fraction of sp³-hybridized carbons (Fsp3) is 0.292. The summed E-state index contributed by atoms with van der Waals surface area (Å²) in [6, 6.07) is 15.6. The number of aromatic nitrogens is 3. The molecule has 0 radical (unpaired) electrons. The van der Waals surface area contributed by atoms with E-state index in [0.717, 1.165) is 42.8 Å². The SMILES string of the molecule is Cn1c(=O)cc(OCc2nn(CN3CCN(c4ccc(F)cc4)CC3)c(=S)o2)c2ccccc21. The maximum atomic E-state index is 13.2. The highest BCUT2D eigenvalue weighted by atomic mass is 32.1. The molecule has 0 atom stereocenters. The molecule has 2 aromatic carbocycles. The van der Waals surface area contributed by atoms with Crippen molar-refractivity contribution >= 4 is 28.8 Å². The first-order chi connectivity index (χ1) is 16.5. The number of pyridine rings is 1. The van der Waals surface area contributed by atoms with E-state index in [1.54, 1.807) is 28.4 Å². The Hall–Kier alpha value is -3.50. The minimum atomic E-state index is -0.231. The Morgan fingerprint density at radius 3 is 2.59 bits per heavy atom. The van der Waals surface area contributed by atoms with Crippen LogP contribution in [-0.2, 0) is 20.3 Å². The smallest absolute Gasteiger partial charge is 0.288 e. The maximum Gasteiger partial charge on any atom is 0.288 e. The highest BCUT2D eigenvalue weighted by Gasteiger charge is 2.19. The van der Waals surface area contributed by atoms with Gasteiger partial charge in [0.15, 0.2) is 6.61 Å². The molecule has 8 nitrogen and oxygen atoms in total. The van der Waals surface area contributed by atoms with Crippen molar-refractivity contribution in [3.63, 3.8) is 0 Å². The maximum absolute atomic E-state index is 13.2. The number of anilines is 1. The molecule has 4 aromatic rings. The van der Waals surface area contributed by atoms with Crippen LogP contribution >= 0.6 is 12.2 Å². The van der Waals surface area contributed by atoms with Crippen molar-refractivity contribution in [2.45, 2.75) is 13.3 Å². The van der Waals surface area contributed by atoms with E-state index in [0.29, 0.717) is 18.3 Å². The number of nitrogens with zero attached hydrogens (tertiary/aromatic N) is 5. The number of ether oxygens (including phenoxy) is 1. The number of benzene rings is 2. The summed E-state index contributed by atoms with van der Waals surface area (Å²) >= 11 is 5.35. The molecule has 2 aromatic heterocycles. The largest absolute Gasteiger partial charge is 0.483 e. The average Bonchev–Trinajstić information content (AvgIpc) is 3.20. The van der Waals surface area contributed by atoms with Crippen molar-refractivity contribution in [3.05, 3.63) is 81.5 Å². The standard InChI is InChI=1S/C24H24FN5O3S/c1-27-20-5-3-2-4-19(20)21(14-23(27)31)32-15-22-26-30(24(34)33-22)16-28-10-12-29(13-11-28)18-8-6-17(25)7-9-18/h2-9,14H,10-13,15-16H2,1H3. The lowest BCUT2D eigenvalue weighted by molar-refractivity contribution is 0.192. The van der Waals surface area contributed by atoms with Crippen LogP contribution in [0.25, 0.3) is 10.9 Å². The van der Waals surface area contributed by atoms with E-state index in [9.17, 15) is 9.18 Å². The van der Waals surface area contributed by atoms with Crippen molar-refractivity contribution in [1.29, 1.82) is 0 Å². The van der Waals surface area contributed by atoms with Crippen LogP contribution in [0.3, 0.4) is 0 Å². The van der Waals surface area contributed by atoms with Crippen molar-refractivity contribution < 1.29 is 13.5 Å². The van der Waals surface area contributed by atoms with Crippen LogP contribution in [0.15, 0.2) is 63.8 Å². The zero-order chi connectivity index (χ0) is 23.7. The molecule has 3 heterocycles. The Morgan fingerprint density at radius 2 is 1.82 bits per heavy atom. The summed E-state index contributed by atoms with van der Waals surface area (Å²) < 4.78 is 27.9. The molecule has 34 heavy (non-hydrogen) atoms. The molecule has 1 saturated heterocycles. The molecule has 176 valence electrons. The van der Waals surface area contributed by atoms with Gasteiger partial charge in [0.25, 0.3) is 16.3 Å². The lowest BCUT2D eigenvalue weighted by Gasteiger charge is -2.35. The van der Waals surface area contributed by atoms with E-state index in [-0.39, 0.29) is 22.8 Å². The molecule has 0 N–H and O–H groups in total. The quantitative estimate of drug-likeness (QED) is 0.390. The van der Waals surface area contributed by atoms with E-state index in [1.165, 1.54) is 18.2 Å². The molecule has 0 aliphatic carbocycles. The van der Waals surface area contributed by atoms with Crippen molar-refractivity contribution in [2.75, 3.05) is 31.1 Å². The molecule has 5 rings (SSSR count). The summed E-state index contributed by atoms with van der Waals surface area (Å²) in [7, 11) is 1.73. The second-order valence-electron chi connectivity index (χ2n) is 8.20. The van der Waals surface area contributed by atoms with Gasteiger partial charge in [-0.25, -0.2) is 9.07 Å². The molecule has 0 amide bonds. The van der Waals surface area contributed by atoms with Gasteiger partial charge in [0.05, 0.1) is 12.2 Å². The third-order valence-electron chi connectivity index (χ3n) is 6.01. The summed E-state index contributed by atoms with van der Waals surface area (Å²) in [6.07, 6.45) is 0. The van der Waals surface area contributed by atoms with Gasteiger partial charge in [0.2, 0.25) is 0 Å². The van der Waals surface area contributed by atoms with Gasteiger partial charge in [-0.1, -0.05) is 12.1 Å². The summed E-state index contributed by atoms with van der Waals surface area (Å²) in [6.45, 7) is 3.85. The highest BCUT2D eigenvalue weighted by molar-refractivity contribution is 7.71. The Balaban J connectivity index is 1.22. The van der Waals surface area contributed by atoms with Crippen LogP contribution in [0.5, 0.6) is 5.75 Å². The molecular weight excluding hydrogens is 457 g/mol. The monoisotopic (exact) mass is 481 g/mol. The number of aryl methyl sites for hydroxylation is 1. The lowest BCUT2D eigenvalue weighted by Crippen LogP contribution is -2.47. The van der Waals surface area contributed by atoms with Gasteiger partial charge in [-0.3, -0.25) is 9.69 Å². The third kappa shape index (κ3) is 4.59. The second-order valence-corrected chi connectivity index (χ2v) is 8.55. The number of rotatable bonds is 6. The van der Waals surface area contributed by atoms with Crippen molar-refractivity contribution in [3.8, 4) is 5.75 Å². The molecule has 1 fully saturated rings. The van der Waals surface area contributed by atoms with E-state index in [4.69, 9.17) is 21.4 Å². The molecule has 1 aliphatic rings. The van der Waals surface area contributed by atoms with Gasteiger partial charge in [-0.15, -0.1) is 5.10 Å². The van der Waals surface area contributed by atoms with Crippen LogP contribution in [0.1, 0.15) is 5.89 Å². The Labute approximate surface area is 200 Å². The number of fused-ring (bicyclic) bond motifs is 1. The Bertz CT molecular complexity index is 1420. The molecule has 0 spiro atoms. The van der Waals surface area contributed by atoms with E-state index < -0.39 is 0 Å². The number of hydrogen-bond acceptors (Lipinski definition) is 7. The summed E-state index contributed by atoms with van der Waals surface area (Å²) in [4.78, 5) is 17.0. The Morgan fingerprint density at radius 1 is 1.09 bits per heavy atom. The molecular formula is C24H24FN5O3S. The predicted octanol–water partition coefficient (Wildman–Crippen LogP) is 3.56. The number of para-hydroxylation sites is 1. The zero-order valence-electron chi connectivity index (χ0n) is 18.7. The van der Waals surface area contributed by atoms with E-state index in [2.05, 4.69) is 14.9 Å². The number of hydrogen-bond donors (Lipinski definition) is 0. The van der Waals surface area contributed by atoms with Gasteiger partial charge in [0.1, 0.15) is 11.6 Å². The minimum Gasteiger partial charge on any atom is -0.483 e. The lowest BCUT2D eigenvalue weighted by atomic mass is 10.2. The molecule has 0 bridgehead atoms. The zero-order valence-corrected chi connectivity index (χ0v) is 19.5. The topological polar surface area (TPSA) is 68.7 Å². The molecule has 1 aliphatic heterocycles. The van der Waals surface area contributed by atoms with Crippen molar-refractivity contribution in [1.82, 2.24) is 19.2 Å². The summed E-state index contributed by atoms with van der Waals surface area (Å²) in [5, 5.41) is 5.30. The first-order valence-corrected chi connectivity index (χ1v) is 11.4. The fourth-order valence-electron chi connectivity index (χ4n) is 4.12. The first-order valence-electron chi connectivity index (χ1n) is 11.0. The molecule has 0 unspecified atom stereocenters. The number of piperazine rings is 1. The molecule has 0 saturated carbocycles. The molecule has 10 heteroatoms. The van der Waals surface area contributed by atoms with Crippen LogP contribution in [0.2, 0.25) is 0 Å². The second kappa shape index (κ2) is 9.40. The highest BCUT2D eigenvalue weighted by Crippen LogP contribution is 2.24. The number of halogens is 1. The van der Waals surface area contributed by atoms with Crippen molar-refractivity contribution in [2.24, 2.45) is 7.05 Å². The van der Waals surface area contributed by atoms with Crippen LogP contribution in [0, 0.1) is 10.7 Å². The van der Waals surface area contributed by atoms with E-state index >= 15 is 0 Å². The fourth-order valence-corrected chi connectivity index (χ4v) is 4.32. The van der Waals surface area contributed by atoms with Crippen LogP contribution < -0.4 is 15.2 Å². The first kappa shape index (κ1) is 22.3. The minimum absolute atomic E-state index is 0.0617. The van der Waals surface area contributed by atoms with E-state index in [1.807, 2.05) is 24.3 Å². The Kier molecular flexibility index (Phi) is 6.16. The van der Waals surface area contributed by atoms with Gasteiger partial charge in [0, 0.05) is 50.4 Å². The van der Waals surface area contributed by atoms with Gasteiger partial charge >= 0.3 is 0 Å². The normalized spacial score (nSPS) is 14.6.